The van der Waals surface area contributed by atoms with Crippen LogP contribution in [0.4, 0.5) is 23.1 Å². The van der Waals surface area contributed by atoms with Crippen molar-refractivity contribution in [1.29, 1.82) is 0 Å². The van der Waals surface area contributed by atoms with E-state index in [-0.39, 0.29) is 12.9 Å². The molecule has 0 saturated carbocycles. The fourth-order valence-electron chi connectivity index (χ4n) is 7.78. The Labute approximate surface area is 519 Å². The number of anilines is 4. The number of nitrogens with two attached hydrogens (primary N) is 2. The number of rotatable bonds is 10. The van der Waals surface area contributed by atoms with E-state index in [2.05, 4.69) is 112 Å². The lowest BCUT2D eigenvalue weighted by molar-refractivity contribution is -0.123. The number of fused-ring (bicyclic) bond motifs is 3. The number of halogens is 2. The highest BCUT2D eigenvalue weighted by Gasteiger charge is 2.15. The van der Waals surface area contributed by atoms with Crippen LogP contribution in [0.5, 0.6) is 17.2 Å². The number of carboxylic acid groups (broad SMARTS) is 2. The normalized spacial score (nSPS) is 10.7. The van der Waals surface area contributed by atoms with E-state index in [0.29, 0.717) is 35.6 Å². The number of nitrogens with zero attached hydrogens (tertiary/aromatic N) is 18. The summed E-state index contributed by atoms with van der Waals surface area (Å²) in [5.74, 6) is 6.22. The average molecular weight is 1290 g/mol. The van der Waals surface area contributed by atoms with Crippen LogP contribution in [-0.4, -0.2) is 146 Å². The van der Waals surface area contributed by atoms with Gasteiger partial charge in [-0.05, 0) is 68.5 Å². The van der Waals surface area contributed by atoms with Gasteiger partial charge in [0.25, 0.3) is 12.9 Å². The Morgan fingerprint density at radius 1 is 0.629 bits per heavy atom. The predicted octanol–water partition coefficient (Wildman–Crippen LogP) is 7.64. The molecule has 11 heterocycles. The average Bonchev–Trinajstić information content (AvgIpc) is 3.44. The Balaban J connectivity index is 0.000000158. The minimum atomic E-state index is -0.250. The number of H-pyrrole nitrogens is 2. The highest BCUT2D eigenvalue weighted by atomic mass is 79.9. The SMILES string of the molecule is COc1cc2[nH]ncc2cc1Cc1cc(-n2ccnc2)ncn1.COc1cc2c(cc1Br)C=NC2.COc1cc2c(cc1Nc1cc(-n3ccnc3)ncn1)C=NC2.Nc1cc(-n2ccnc2)ncn1.Nc1cc(Cl)ncn1.O=CO.O=CO.c1c[nH]cn1. The van der Waals surface area contributed by atoms with Crippen LogP contribution in [0.25, 0.3) is 28.4 Å². The maximum absolute atomic E-state index is 8.36. The fraction of sp³-hybridized carbons (Fsp3) is 0.105. The van der Waals surface area contributed by atoms with Crippen molar-refractivity contribution in [2.75, 3.05) is 38.1 Å². The van der Waals surface area contributed by atoms with Crippen molar-refractivity contribution in [3.8, 4) is 34.7 Å². The van der Waals surface area contributed by atoms with Gasteiger partial charge in [0.1, 0.15) is 102 Å². The lowest BCUT2D eigenvalue weighted by Crippen LogP contribution is -2.01. The van der Waals surface area contributed by atoms with Crippen molar-refractivity contribution in [3.63, 3.8) is 0 Å². The van der Waals surface area contributed by atoms with E-state index in [1.165, 1.54) is 36.2 Å². The molecule has 2 aliphatic heterocycles. The smallest absolute Gasteiger partial charge is 0.290 e. The molecule has 0 saturated heterocycles. The number of nitrogens with one attached hydrogen (secondary N) is 3. The molecule has 89 heavy (non-hydrogen) atoms. The number of imidazole rings is 4. The second-order valence-corrected chi connectivity index (χ2v) is 18.6. The summed E-state index contributed by atoms with van der Waals surface area (Å²) >= 11 is 8.84. The van der Waals surface area contributed by atoms with Crippen molar-refractivity contribution in [2.24, 2.45) is 9.98 Å². The number of aromatic amines is 2. The zero-order chi connectivity index (χ0) is 63.2. The lowest BCUT2D eigenvalue weighted by atomic mass is 10.1. The molecule has 32 heteroatoms. The highest BCUT2D eigenvalue weighted by molar-refractivity contribution is 9.10. The zero-order valence-electron chi connectivity index (χ0n) is 47.4. The van der Waals surface area contributed by atoms with Gasteiger partial charge in [0.2, 0.25) is 0 Å². The van der Waals surface area contributed by atoms with Gasteiger partial charge in [-0.25, -0.2) is 59.8 Å². The lowest BCUT2D eigenvalue weighted by Gasteiger charge is -2.13. The minimum Gasteiger partial charge on any atom is -0.496 e. The molecule has 0 fully saturated rings. The molecule has 3 aromatic carbocycles. The highest BCUT2D eigenvalue weighted by Crippen LogP contribution is 2.33. The van der Waals surface area contributed by atoms with E-state index in [0.717, 1.165) is 84.7 Å². The molecule has 454 valence electrons. The molecular weight excluding hydrogens is 1230 g/mol. The van der Waals surface area contributed by atoms with E-state index in [1.54, 1.807) is 107 Å². The number of carbonyl (C=O) groups is 2. The first kappa shape index (κ1) is 64.7. The molecule has 0 bridgehead atoms. The molecule has 0 radical (unpaired) electrons. The van der Waals surface area contributed by atoms with E-state index >= 15 is 0 Å². The fourth-order valence-corrected chi connectivity index (χ4v) is 8.46. The van der Waals surface area contributed by atoms with Crippen LogP contribution in [0.15, 0.2) is 182 Å². The van der Waals surface area contributed by atoms with Crippen molar-refractivity contribution in [3.05, 3.63) is 210 Å². The summed E-state index contributed by atoms with van der Waals surface area (Å²) in [6, 6.07) is 19.1. The number of nitrogen functional groups attached to an aromatic ring is 2. The second kappa shape index (κ2) is 34.2. The second-order valence-electron chi connectivity index (χ2n) is 17.4. The maximum Gasteiger partial charge on any atom is 0.290 e. The molecule has 0 spiro atoms. The number of aliphatic imine (C=N–C) groups is 2. The molecular formula is C57H55BrClN23O7. The first-order valence-electron chi connectivity index (χ1n) is 25.8. The summed E-state index contributed by atoms with van der Waals surface area (Å²) in [6.07, 6.45) is 32.7. The Bertz CT molecular complexity index is 4120. The molecule has 2 aliphatic rings. The quantitative estimate of drug-likeness (QED) is 0.0510. The Morgan fingerprint density at radius 3 is 1.70 bits per heavy atom. The summed E-state index contributed by atoms with van der Waals surface area (Å²) in [6.45, 7) is 0.975. The molecule has 30 nitrogen and oxygen atoms in total. The Hall–Kier alpha value is -11.9. The minimum absolute atomic E-state index is 0.250. The van der Waals surface area contributed by atoms with Gasteiger partial charge in [-0.15, -0.1) is 0 Å². The van der Waals surface area contributed by atoms with Gasteiger partial charge in [0.05, 0.1) is 68.3 Å². The number of aromatic nitrogens is 18. The third-order valence-corrected chi connectivity index (χ3v) is 12.6. The van der Waals surface area contributed by atoms with Crippen LogP contribution in [-0.2, 0) is 29.1 Å². The molecule has 0 atom stereocenters. The number of ether oxygens (including phenoxy) is 3. The van der Waals surface area contributed by atoms with Gasteiger partial charge in [0, 0.05) is 110 Å². The topological polar surface area (TPSA) is 405 Å². The molecule has 12 aromatic rings. The number of methoxy groups -OCH3 is 3. The van der Waals surface area contributed by atoms with E-state index < -0.39 is 0 Å². The molecule has 0 unspecified atom stereocenters. The zero-order valence-corrected chi connectivity index (χ0v) is 49.8. The van der Waals surface area contributed by atoms with Crippen molar-refractivity contribution < 1.29 is 34.0 Å². The largest absolute Gasteiger partial charge is 0.496 e. The summed E-state index contributed by atoms with van der Waals surface area (Å²) < 4.78 is 22.5. The molecule has 0 aliphatic carbocycles. The van der Waals surface area contributed by atoms with Gasteiger partial charge >= 0.3 is 0 Å². The standard InChI is InChI=1S/2C16H14N6O.C9H8BrNO.C7H7N5.C4H4ClN3.C3H4N2.2CH2O2/c1-23-14-5-12-8-18-7-11(12)4-13(14)21-15-6-16(20-9-19-15)22-3-2-17-10-22;1-23-15-7-14-12(8-20-21-14)4-11(15)5-13-6-16(19-9-18-13)22-3-2-17-10-22;1-12-9-3-7-5-11-4-6(7)2-8(9)10;8-6-3-7(11-4-10-6)12-2-1-9-5-12;5-3-1-4(6)8-2-7-3;1-2-5-3-4-1;2*2-1-3/h2-7,9-10H,8H2,1H3,(H,19,20,21);2-4,6-10H,5H2,1H3,(H,20,21);2-4H,5H2,1H3;1-5H,(H2,8,10,11);1-2H,(H2,6,7,8);1-3H,(H,4,5);2*1H,(H,2,3). The van der Waals surface area contributed by atoms with Crippen LogP contribution in [0, 0.1) is 0 Å². The third kappa shape index (κ3) is 19.6. The van der Waals surface area contributed by atoms with Gasteiger partial charge in [0.15, 0.2) is 0 Å². The van der Waals surface area contributed by atoms with Crippen LogP contribution >= 0.6 is 27.5 Å². The summed E-state index contributed by atoms with van der Waals surface area (Å²) in [5.41, 5.74) is 19.1. The van der Waals surface area contributed by atoms with E-state index in [1.807, 2.05) is 76.4 Å². The number of hydrogen-bond donors (Lipinski definition) is 7. The van der Waals surface area contributed by atoms with Crippen LogP contribution in [0.1, 0.15) is 33.5 Å². The van der Waals surface area contributed by atoms with Crippen LogP contribution in [0.2, 0.25) is 5.15 Å². The molecule has 14 rings (SSSR count). The van der Waals surface area contributed by atoms with Crippen LogP contribution in [0.3, 0.4) is 0 Å². The first-order chi connectivity index (χ1) is 43.4. The number of hydrogen-bond acceptors (Lipinski definition) is 23. The summed E-state index contributed by atoms with van der Waals surface area (Å²) in [4.78, 5) is 75.7. The number of benzene rings is 3. The Morgan fingerprint density at radius 2 is 1.18 bits per heavy atom. The molecule has 0 amide bonds. The van der Waals surface area contributed by atoms with Crippen LogP contribution < -0.4 is 31.0 Å². The van der Waals surface area contributed by atoms with E-state index in [4.69, 9.17) is 57.1 Å². The van der Waals surface area contributed by atoms with Crippen molar-refractivity contribution in [2.45, 2.75) is 19.5 Å². The Kier molecular flexibility index (Phi) is 24.9. The molecule has 9 N–H and O–H groups in total. The monoisotopic (exact) mass is 1290 g/mol. The predicted molar refractivity (Wildman–Crippen MR) is 334 cm³/mol. The van der Waals surface area contributed by atoms with Crippen molar-refractivity contribution >= 4 is 86.9 Å². The van der Waals surface area contributed by atoms with Gasteiger partial charge in [-0.2, -0.15) is 5.10 Å². The summed E-state index contributed by atoms with van der Waals surface area (Å²) in [5, 5.41) is 25.5. The van der Waals surface area contributed by atoms with Gasteiger partial charge < -0.3 is 46.2 Å². The first-order valence-corrected chi connectivity index (χ1v) is 26.9. The maximum atomic E-state index is 8.36. The third-order valence-electron chi connectivity index (χ3n) is 11.7. The molecule has 9 aromatic heterocycles. The van der Waals surface area contributed by atoms with Gasteiger partial charge in [-0.1, -0.05) is 11.6 Å². The summed E-state index contributed by atoms with van der Waals surface area (Å²) in [7, 11) is 4.99. The van der Waals surface area contributed by atoms with Crippen molar-refractivity contribution in [1.82, 2.24) is 88.7 Å². The van der Waals surface area contributed by atoms with E-state index in [9.17, 15) is 0 Å². The van der Waals surface area contributed by atoms with Gasteiger partial charge in [-0.3, -0.25) is 38.4 Å².